The number of anilines is 1. The molecule has 45 heavy (non-hydrogen) atoms. The first kappa shape index (κ1) is 31.4. The van der Waals surface area contributed by atoms with E-state index in [9.17, 15) is 8.78 Å². The highest BCUT2D eigenvalue weighted by Gasteiger charge is 2.40. The van der Waals surface area contributed by atoms with E-state index in [1.54, 1.807) is 10.7 Å². The number of halogens is 2. The van der Waals surface area contributed by atoms with E-state index in [1.807, 2.05) is 30.8 Å². The van der Waals surface area contributed by atoms with Gasteiger partial charge in [-0.1, -0.05) is 13.2 Å². The fourth-order valence-electron chi connectivity index (χ4n) is 7.40. The van der Waals surface area contributed by atoms with Crippen LogP contribution < -0.4 is 15.5 Å². The molecule has 4 aliphatic rings. The van der Waals surface area contributed by atoms with E-state index in [0.29, 0.717) is 42.9 Å². The summed E-state index contributed by atoms with van der Waals surface area (Å²) in [5.41, 5.74) is 4.41. The van der Waals surface area contributed by atoms with Crippen molar-refractivity contribution in [3.05, 3.63) is 54.4 Å². The highest BCUT2D eigenvalue weighted by molar-refractivity contribution is 5.59. The number of imidazole rings is 1. The number of likely N-dealkylation sites (N-methyl/N-ethyl adjacent to an activating group) is 1. The number of nitrogens with one attached hydrogen (secondary N) is 2. The largest absolute Gasteiger partial charge is 0.389 e. The van der Waals surface area contributed by atoms with Crippen LogP contribution in [-0.2, 0) is 6.54 Å². The lowest BCUT2D eigenvalue weighted by molar-refractivity contribution is -0.0493. The third kappa shape index (κ3) is 6.85. The third-order valence-corrected chi connectivity index (χ3v) is 10.1. The summed E-state index contributed by atoms with van der Waals surface area (Å²) in [5.74, 6) is -1.20. The molecule has 3 saturated heterocycles. The second kappa shape index (κ2) is 13.1. The topological polar surface area (TPSA) is 91.4 Å². The molecule has 4 fully saturated rings. The van der Waals surface area contributed by atoms with Crippen LogP contribution in [0.5, 0.6) is 0 Å². The summed E-state index contributed by atoms with van der Waals surface area (Å²) >= 11 is 0. The summed E-state index contributed by atoms with van der Waals surface area (Å²) < 4.78 is 31.7. The van der Waals surface area contributed by atoms with Crippen LogP contribution in [0.15, 0.2) is 37.3 Å². The van der Waals surface area contributed by atoms with E-state index in [1.165, 1.54) is 37.8 Å². The Balaban J connectivity index is 0.000000452. The van der Waals surface area contributed by atoms with Crippen molar-refractivity contribution in [3.63, 3.8) is 0 Å². The summed E-state index contributed by atoms with van der Waals surface area (Å²) in [5, 5.41) is 15.9. The average Bonchev–Trinajstić information content (AvgIpc) is 3.71. The Morgan fingerprint density at radius 2 is 1.87 bits per heavy atom. The van der Waals surface area contributed by atoms with E-state index in [2.05, 4.69) is 45.7 Å². The molecule has 1 saturated carbocycles. The molecule has 12 heteroatoms. The first-order valence-electron chi connectivity index (χ1n) is 16.6. The van der Waals surface area contributed by atoms with Gasteiger partial charge >= 0.3 is 0 Å². The van der Waals surface area contributed by atoms with Gasteiger partial charge < -0.3 is 15.5 Å². The first-order chi connectivity index (χ1) is 21.6. The normalized spacial score (nSPS) is 24.2. The van der Waals surface area contributed by atoms with E-state index in [4.69, 9.17) is 15.1 Å². The third-order valence-electron chi connectivity index (χ3n) is 10.1. The number of aromatic nitrogens is 6. The predicted octanol–water partition coefficient (Wildman–Crippen LogP) is 5.33. The number of fused-ring (bicyclic) bond motifs is 3. The van der Waals surface area contributed by atoms with Crippen molar-refractivity contribution in [2.75, 3.05) is 31.6 Å². The maximum atomic E-state index is 14.0. The molecule has 0 radical (unpaired) electrons. The highest BCUT2D eigenvalue weighted by Crippen LogP contribution is 2.42. The molecular weight excluding hydrogens is 574 g/mol. The average molecular weight is 623 g/mol. The van der Waals surface area contributed by atoms with Gasteiger partial charge in [-0.2, -0.15) is 15.2 Å². The SMILES string of the molecule is C=C(NC(c1cn2nc(C)c(N3CC4CCC(C3)N4C)nc2n1)C1CCC(F)(F)CC1)c1ccnn1CC.C=C1CCCCN1. The first-order valence-corrected chi connectivity index (χ1v) is 16.6. The number of hydrogen-bond donors (Lipinski definition) is 2. The second-order valence-corrected chi connectivity index (χ2v) is 13.2. The van der Waals surface area contributed by atoms with Crippen LogP contribution in [0.3, 0.4) is 0 Å². The van der Waals surface area contributed by atoms with E-state index in [-0.39, 0.29) is 24.8 Å². The van der Waals surface area contributed by atoms with Gasteiger partial charge in [0.25, 0.3) is 5.78 Å². The van der Waals surface area contributed by atoms with Gasteiger partial charge in [0.2, 0.25) is 5.92 Å². The van der Waals surface area contributed by atoms with E-state index >= 15 is 0 Å². The van der Waals surface area contributed by atoms with Crippen molar-refractivity contribution in [2.45, 2.75) is 102 Å². The van der Waals surface area contributed by atoms with Crippen LogP contribution >= 0.6 is 0 Å². The summed E-state index contributed by atoms with van der Waals surface area (Å²) in [6.45, 7) is 15.8. The number of aryl methyl sites for hydroxylation is 2. The molecule has 0 aromatic carbocycles. The molecule has 3 aromatic rings. The molecule has 2 N–H and O–H groups in total. The molecule has 7 rings (SSSR count). The zero-order valence-corrected chi connectivity index (χ0v) is 27.0. The lowest BCUT2D eigenvalue weighted by Gasteiger charge is -2.39. The van der Waals surface area contributed by atoms with Gasteiger partial charge in [-0.3, -0.25) is 9.58 Å². The molecular formula is C33H48F2N10. The minimum Gasteiger partial charge on any atom is -0.389 e. The van der Waals surface area contributed by atoms with E-state index in [0.717, 1.165) is 42.5 Å². The number of rotatable bonds is 7. The Morgan fingerprint density at radius 1 is 1.13 bits per heavy atom. The number of alkyl halides is 2. The molecule has 3 aliphatic heterocycles. The quantitative estimate of drug-likeness (QED) is 0.366. The van der Waals surface area contributed by atoms with Crippen LogP contribution in [-0.4, -0.2) is 79.0 Å². The second-order valence-electron chi connectivity index (χ2n) is 13.2. The molecule has 3 unspecified atom stereocenters. The van der Waals surface area contributed by atoms with Gasteiger partial charge in [0.1, 0.15) is 5.69 Å². The summed E-state index contributed by atoms with van der Waals surface area (Å²) in [7, 11) is 2.22. The molecule has 2 bridgehead atoms. The maximum Gasteiger partial charge on any atom is 0.252 e. The van der Waals surface area contributed by atoms with Crippen LogP contribution in [0.1, 0.15) is 87.8 Å². The minimum absolute atomic E-state index is 0.0110. The monoisotopic (exact) mass is 622 g/mol. The van der Waals surface area contributed by atoms with Gasteiger partial charge in [-0.15, -0.1) is 0 Å². The van der Waals surface area contributed by atoms with Crippen molar-refractivity contribution in [1.82, 2.24) is 44.9 Å². The zero-order chi connectivity index (χ0) is 31.7. The summed E-state index contributed by atoms with van der Waals surface area (Å²) in [6, 6.07) is 2.71. The van der Waals surface area contributed by atoms with E-state index < -0.39 is 5.92 Å². The van der Waals surface area contributed by atoms with Crippen molar-refractivity contribution >= 4 is 17.3 Å². The molecule has 0 amide bonds. The number of piperazine rings is 1. The molecule has 3 aromatic heterocycles. The highest BCUT2D eigenvalue weighted by atomic mass is 19.3. The number of nitrogens with zero attached hydrogens (tertiary/aromatic N) is 8. The fourth-order valence-corrected chi connectivity index (χ4v) is 7.40. The Labute approximate surface area is 265 Å². The van der Waals surface area contributed by atoms with Gasteiger partial charge in [0.05, 0.1) is 29.3 Å². The van der Waals surface area contributed by atoms with Gasteiger partial charge in [0, 0.05) is 63.0 Å². The van der Waals surface area contributed by atoms with Crippen molar-refractivity contribution in [3.8, 4) is 0 Å². The van der Waals surface area contributed by atoms with Crippen LogP contribution in [0.25, 0.3) is 11.5 Å². The molecule has 1 aliphatic carbocycles. The van der Waals surface area contributed by atoms with Gasteiger partial charge in [-0.05, 0) is 77.8 Å². The van der Waals surface area contributed by atoms with Crippen LogP contribution in [0.2, 0.25) is 0 Å². The van der Waals surface area contributed by atoms with Crippen molar-refractivity contribution < 1.29 is 8.78 Å². The standard InChI is InChI=1S/C27H37F2N9.C6H11N/c1-5-37-23(10-13-30-37)17(2)31-24(19-8-11-27(28,29)12-9-19)22-16-38-26(32-22)33-25(18(3)34-38)36-14-20-6-7-21(15-36)35(20)4;1-6-4-2-3-5-7-6/h10,13,16,19-21,24,31H,2,5-9,11-12,14-15H2,1,3-4H3;7H,1-5H2. The number of piperidine rings is 1. The molecule has 0 spiro atoms. The van der Waals surface area contributed by atoms with Crippen molar-refractivity contribution in [2.24, 2.45) is 5.92 Å². The Hall–Kier alpha value is -3.54. The summed E-state index contributed by atoms with van der Waals surface area (Å²) in [6.07, 6.45) is 10.5. The Morgan fingerprint density at radius 3 is 2.49 bits per heavy atom. The number of hydrogen-bond acceptors (Lipinski definition) is 8. The Kier molecular flexibility index (Phi) is 9.12. The molecule has 6 heterocycles. The maximum absolute atomic E-state index is 14.0. The number of allylic oxidation sites excluding steroid dienone is 1. The van der Waals surface area contributed by atoms with Gasteiger partial charge in [-0.25, -0.2) is 18.3 Å². The summed E-state index contributed by atoms with van der Waals surface area (Å²) in [4.78, 5) is 14.7. The molecule has 244 valence electrons. The lowest BCUT2D eigenvalue weighted by Crippen LogP contribution is -2.52. The predicted molar refractivity (Wildman–Crippen MR) is 173 cm³/mol. The van der Waals surface area contributed by atoms with Crippen molar-refractivity contribution in [1.29, 1.82) is 0 Å². The minimum atomic E-state index is -2.60. The smallest absolute Gasteiger partial charge is 0.252 e. The fraction of sp³-hybridized carbons (Fsp3) is 0.636. The van der Waals surface area contributed by atoms with Crippen LogP contribution in [0.4, 0.5) is 14.6 Å². The molecule has 3 atom stereocenters. The lowest BCUT2D eigenvalue weighted by atomic mass is 9.81. The molecule has 10 nitrogen and oxygen atoms in total. The van der Waals surface area contributed by atoms with Gasteiger partial charge in [0.15, 0.2) is 5.82 Å². The Bertz CT molecular complexity index is 1480. The van der Waals surface area contributed by atoms with Crippen LogP contribution in [0, 0.1) is 12.8 Å². The zero-order valence-electron chi connectivity index (χ0n) is 27.0.